The molecular weight excluding hydrogens is 214 g/mol. The molecule has 0 aromatic heterocycles. The Labute approximate surface area is 104 Å². The van der Waals surface area contributed by atoms with Crippen molar-refractivity contribution in [2.75, 3.05) is 20.2 Å². The smallest absolute Gasteiger partial charge is 0.122 e. The fraction of sp³-hybridized carbons (Fsp3) is 0.571. The van der Waals surface area contributed by atoms with Gasteiger partial charge in [0.25, 0.3) is 0 Å². The summed E-state index contributed by atoms with van der Waals surface area (Å²) in [5.41, 5.74) is 1.79. The van der Waals surface area contributed by atoms with Crippen molar-refractivity contribution < 1.29 is 9.84 Å². The molecule has 0 saturated heterocycles. The van der Waals surface area contributed by atoms with Crippen LogP contribution in [0.1, 0.15) is 25.0 Å². The van der Waals surface area contributed by atoms with Crippen LogP contribution in [0.4, 0.5) is 0 Å². The van der Waals surface area contributed by atoms with Gasteiger partial charge in [0.15, 0.2) is 0 Å². The number of benzene rings is 1. The number of hydrogen-bond donors (Lipinski definition) is 2. The maximum atomic E-state index is 9.57. The monoisotopic (exact) mass is 237 g/mol. The molecule has 17 heavy (non-hydrogen) atoms. The molecule has 0 bridgehead atoms. The van der Waals surface area contributed by atoms with Gasteiger partial charge < -0.3 is 15.2 Å². The molecule has 0 atom stereocenters. The molecule has 0 spiro atoms. The molecule has 0 aliphatic heterocycles. The number of aryl methyl sites for hydroxylation is 1. The molecule has 1 aromatic rings. The topological polar surface area (TPSA) is 41.5 Å². The third-order valence-electron chi connectivity index (χ3n) is 2.56. The summed E-state index contributed by atoms with van der Waals surface area (Å²) in [6.07, 6.45) is 0.904. The van der Waals surface area contributed by atoms with E-state index in [9.17, 15) is 5.11 Å². The third-order valence-corrected chi connectivity index (χ3v) is 2.56. The number of methoxy groups -OCH3 is 1. The van der Waals surface area contributed by atoms with Crippen molar-refractivity contribution in [3.8, 4) is 5.75 Å². The minimum Gasteiger partial charge on any atom is -0.496 e. The molecule has 0 unspecified atom stereocenters. The Balaban J connectivity index is 2.48. The van der Waals surface area contributed by atoms with Crippen molar-refractivity contribution in [1.29, 1.82) is 0 Å². The summed E-state index contributed by atoms with van der Waals surface area (Å²) in [5.74, 6) is 0.931. The van der Waals surface area contributed by atoms with E-state index in [2.05, 4.69) is 18.3 Å². The molecule has 0 aliphatic carbocycles. The zero-order chi connectivity index (χ0) is 12.9. The Kier molecular flexibility index (Phi) is 4.97. The van der Waals surface area contributed by atoms with Gasteiger partial charge in [-0.2, -0.15) is 0 Å². The minimum absolute atomic E-state index is 0.598. The van der Waals surface area contributed by atoms with Crippen molar-refractivity contribution in [2.24, 2.45) is 0 Å². The van der Waals surface area contributed by atoms with Crippen molar-refractivity contribution >= 4 is 0 Å². The number of ether oxygens (including phenoxy) is 1. The molecule has 0 aliphatic rings. The second kappa shape index (κ2) is 6.03. The maximum absolute atomic E-state index is 9.57. The highest BCUT2D eigenvalue weighted by atomic mass is 16.5. The van der Waals surface area contributed by atoms with Crippen molar-refractivity contribution in [3.05, 3.63) is 29.3 Å². The normalized spacial score (nSPS) is 11.6. The van der Waals surface area contributed by atoms with Gasteiger partial charge in [-0.3, -0.25) is 0 Å². The Morgan fingerprint density at radius 2 is 2.06 bits per heavy atom. The summed E-state index contributed by atoms with van der Waals surface area (Å²) < 4.78 is 5.32. The second-order valence-corrected chi connectivity index (χ2v) is 5.05. The number of hydrogen-bond acceptors (Lipinski definition) is 3. The molecule has 3 heteroatoms. The zero-order valence-electron chi connectivity index (χ0n) is 11.2. The molecule has 3 nitrogen and oxygen atoms in total. The third kappa shape index (κ3) is 5.20. The van der Waals surface area contributed by atoms with Gasteiger partial charge in [-0.15, -0.1) is 0 Å². The highest BCUT2D eigenvalue weighted by Crippen LogP contribution is 2.19. The summed E-state index contributed by atoms with van der Waals surface area (Å²) in [7, 11) is 1.69. The predicted octanol–water partition coefficient (Wildman–Crippen LogP) is 1.91. The van der Waals surface area contributed by atoms with Gasteiger partial charge >= 0.3 is 0 Å². The van der Waals surface area contributed by atoms with Gasteiger partial charge in [0.05, 0.1) is 12.7 Å². The van der Waals surface area contributed by atoms with E-state index in [1.807, 2.05) is 12.1 Å². The van der Waals surface area contributed by atoms with E-state index >= 15 is 0 Å². The predicted molar refractivity (Wildman–Crippen MR) is 70.6 cm³/mol. The SMILES string of the molecule is COc1ccc(C)cc1CCNCC(C)(C)O. The Bertz CT molecular complexity index is 356. The summed E-state index contributed by atoms with van der Waals surface area (Å²) in [4.78, 5) is 0. The Morgan fingerprint density at radius 1 is 1.35 bits per heavy atom. The lowest BCUT2D eigenvalue weighted by molar-refractivity contribution is 0.0801. The lowest BCUT2D eigenvalue weighted by Crippen LogP contribution is -2.35. The van der Waals surface area contributed by atoms with E-state index in [1.54, 1.807) is 21.0 Å². The second-order valence-electron chi connectivity index (χ2n) is 5.05. The first kappa shape index (κ1) is 14.0. The average molecular weight is 237 g/mol. The number of nitrogens with one attached hydrogen (secondary N) is 1. The van der Waals surface area contributed by atoms with Crippen molar-refractivity contribution in [2.45, 2.75) is 32.8 Å². The van der Waals surface area contributed by atoms with Crippen LogP contribution in [0.5, 0.6) is 5.75 Å². The lowest BCUT2D eigenvalue weighted by atomic mass is 10.1. The first-order valence-electron chi connectivity index (χ1n) is 5.99. The molecule has 2 N–H and O–H groups in total. The molecule has 1 rings (SSSR count). The van der Waals surface area contributed by atoms with Crippen LogP contribution < -0.4 is 10.1 Å². The number of rotatable bonds is 6. The summed E-state index contributed by atoms with van der Waals surface area (Å²) in [6, 6.07) is 6.19. The molecule has 0 fully saturated rings. The van der Waals surface area contributed by atoms with Gasteiger partial charge in [-0.05, 0) is 45.4 Å². The van der Waals surface area contributed by atoms with Crippen LogP contribution in [0.15, 0.2) is 18.2 Å². The van der Waals surface area contributed by atoms with E-state index in [0.717, 1.165) is 18.7 Å². The molecule has 96 valence electrons. The fourth-order valence-electron chi connectivity index (χ4n) is 1.72. The van der Waals surface area contributed by atoms with Gasteiger partial charge in [-0.25, -0.2) is 0 Å². The largest absolute Gasteiger partial charge is 0.496 e. The van der Waals surface area contributed by atoms with Gasteiger partial charge in [0.1, 0.15) is 5.75 Å². The van der Waals surface area contributed by atoms with Gasteiger partial charge in [0.2, 0.25) is 0 Å². The van der Waals surface area contributed by atoms with E-state index in [-0.39, 0.29) is 0 Å². The maximum Gasteiger partial charge on any atom is 0.122 e. The Morgan fingerprint density at radius 3 is 2.65 bits per heavy atom. The first-order chi connectivity index (χ1) is 7.92. The van der Waals surface area contributed by atoms with Crippen LogP contribution in [0.2, 0.25) is 0 Å². The number of aliphatic hydroxyl groups is 1. The minimum atomic E-state index is -0.656. The molecule has 0 amide bonds. The zero-order valence-corrected chi connectivity index (χ0v) is 11.2. The van der Waals surface area contributed by atoms with Gasteiger partial charge in [0, 0.05) is 6.54 Å². The van der Waals surface area contributed by atoms with E-state index in [1.165, 1.54) is 11.1 Å². The molecule has 0 heterocycles. The van der Waals surface area contributed by atoms with Crippen molar-refractivity contribution in [3.63, 3.8) is 0 Å². The molecule has 1 aromatic carbocycles. The van der Waals surface area contributed by atoms with Crippen LogP contribution in [0.3, 0.4) is 0 Å². The summed E-state index contributed by atoms with van der Waals surface area (Å²) in [5, 5.41) is 12.8. The summed E-state index contributed by atoms with van der Waals surface area (Å²) >= 11 is 0. The van der Waals surface area contributed by atoms with Crippen LogP contribution in [0, 0.1) is 6.92 Å². The average Bonchev–Trinajstić information content (AvgIpc) is 2.23. The highest BCUT2D eigenvalue weighted by molar-refractivity contribution is 5.37. The van der Waals surface area contributed by atoms with E-state index in [0.29, 0.717) is 6.54 Å². The molecule has 0 saturated carbocycles. The van der Waals surface area contributed by atoms with Crippen LogP contribution in [-0.4, -0.2) is 30.9 Å². The van der Waals surface area contributed by atoms with Gasteiger partial charge in [-0.1, -0.05) is 17.7 Å². The van der Waals surface area contributed by atoms with E-state index in [4.69, 9.17) is 4.74 Å². The highest BCUT2D eigenvalue weighted by Gasteiger charge is 2.11. The van der Waals surface area contributed by atoms with E-state index < -0.39 is 5.60 Å². The van der Waals surface area contributed by atoms with Crippen molar-refractivity contribution in [1.82, 2.24) is 5.32 Å². The molecule has 0 radical (unpaired) electrons. The van der Waals surface area contributed by atoms with Crippen LogP contribution in [0.25, 0.3) is 0 Å². The quantitative estimate of drug-likeness (QED) is 0.743. The summed E-state index contributed by atoms with van der Waals surface area (Å²) in [6.45, 7) is 7.11. The van der Waals surface area contributed by atoms with Crippen LogP contribution >= 0.6 is 0 Å². The Hall–Kier alpha value is -1.06. The first-order valence-corrected chi connectivity index (χ1v) is 5.99. The van der Waals surface area contributed by atoms with Crippen LogP contribution in [-0.2, 0) is 6.42 Å². The fourth-order valence-corrected chi connectivity index (χ4v) is 1.72. The standard InChI is InChI=1S/C14H23NO2/c1-11-5-6-13(17-4)12(9-11)7-8-15-10-14(2,3)16/h5-6,9,15-16H,7-8,10H2,1-4H3. The molecular formula is C14H23NO2. The lowest BCUT2D eigenvalue weighted by Gasteiger charge is -2.18.